The smallest absolute Gasteiger partial charge is 0.227 e. The van der Waals surface area contributed by atoms with Crippen molar-refractivity contribution in [1.29, 1.82) is 0 Å². The number of rotatable bonds is 3. The summed E-state index contributed by atoms with van der Waals surface area (Å²) < 4.78 is 6.06. The first-order chi connectivity index (χ1) is 11.3. The van der Waals surface area contributed by atoms with Crippen molar-refractivity contribution in [3.63, 3.8) is 0 Å². The minimum Gasteiger partial charge on any atom is -0.434 e. The van der Waals surface area contributed by atoms with Crippen molar-refractivity contribution in [1.82, 2.24) is 9.97 Å². The number of aromatic nitrogens is 2. The second-order valence-electron chi connectivity index (χ2n) is 5.38. The highest BCUT2D eigenvalue weighted by Crippen LogP contribution is 2.33. The molecule has 2 aromatic carbocycles. The minimum atomic E-state index is 0.635. The lowest BCUT2D eigenvalue weighted by Gasteiger charge is -1.93. The number of hydrogen-bond donors (Lipinski definition) is 1. The SMILES string of the molecule is C=Cc1c(/C=C\C)[nH]c2c1ccc1nc(-c3ccccc3)oc12. The fourth-order valence-electron chi connectivity index (χ4n) is 2.91. The Bertz CT molecular complexity index is 1040. The van der Waals surface area contributed by atoms with Crippen LogP contribution >= 0.6 is 0 Å². The second-order valence-corrected chi connectivity index (χ2v) is 5.38. The molecule has 4 rings (SSSR count). The van der Waals surface area contributed by atoms with E-state index in [-0.39, 0.29) is 0 Å². The van der Waals surface area contributed by atoms with Crippen molar-refractivity contribution >= 4 is 34.2 Å². The van der Waals surface area contributed by atoms with Gasteiger partial charge >= 0.3 is 0 Å². The number of nitrogens with one attached hydrogen (secondary N) is 1. The van der Waals surface area contributed by atoms with Gasteiger partial charge in [-0.2, -0.15) is 0 Å². The molecule has 3 nitrogen and oxygen atoms in total. The summed E-state index contributed by atoms with van der Waals surface area (Å²) in [4.78, 5) is 8.05. The van der Waals surface area contributed by atoms with Gasteiger partial charge in [-0.25, -0.2) is 4.98 Å². The molecule has 0 aliphatic rings. The highest BCUT2D eigenvalue weighted by molar-refractivity contribution is 6.06. The molecule has 0 atom stereocenters. The van der Waals surface area contributed by atoms with Gasteiger partial charge in [-0.15, -0.1) is 0 Å². The minimum absolute atomic E-state index is 0.635. The van der Waals surface area contributed by atoms with Crippen molar-refractivity contribution in [2.75, 3.05) is 0 Å². The number of nitrogens with zero attached hydrogens (tertiary/aromatic N) is 1. The van der Waals surface area contributed by atoms with Gasteiger partial charge in [0.25, 0.3) is 0 Å². The summed E-state index contributed by atoms with van der Waals surface area (Å²) in [6.07, 6.45) is 5.91. The topological polar surface area (TPSA) is 41.8 Å². The number of H-pyrrole nitrogens is 1. The van der Waals surface area contributed by atoms with Gasteiger partial charge < -0.3 is 9.40 Å². The molecule has 0 fully saturated rings. The normalized spacial score (nSPS) is 11.7. The molecule has 0 amide bonds. The van der Waals surface area contributed by atoms with Gasteiger partial charge in [0, 0.05) is 22.2 Å². The maximum atomic E-state index is 6.06. The number of hydrogen-bond acceptors (Lipinski definition) is 2. The molecule has 2 aromatic heterocycles. The summed E-state index contributed by atoms with van der Waals surface area (Å²) in [6.45, 7) is 5.92. The molecule has 112 valence electrons. The fraction of sp³-hybridized carbons (Fsp3) is 0.0500. The Balaban J connectivity index is 2.02. The first-order valence-electron chi connectivity index (χ1n) is 7.57. The highest BCUT2D eigenvalue weighted by atomic mass is 16.3. The van der Waals surface area contributed by atoms with Gasteiger partial charge in [-0.1, -0.05) is 36.9 Å². The van der Waals surface area contributed by atoms with Gasteiger partial charge in [0.2, 0.25) is 5.89 Å². The van der Waals surface area contributed by atoms with Gasteiger partial charge in [0.05, 0.1) is 5.52 Å². The predicted molar refractivity (Wildman–Crippen MR) is 96.1 cm³/mol. The van der Waals surface area contributed by atoms with E-state index < -0.39 is 0 Å². The molecule has 0 aliphatic carbocycles. The van der Waals surface area contributed by atoms with Crippen LogP contribution in [-0.4, -0.2) is 9.97 Å². The lowest BCUT2D eigenvalue weighted by molar-refractivity contribution is 0.622. The third-order valence-electron chi connectivity index (χ3n) is 3.96. The van der Waals surface area contributed by atoms with Crippen molar-refractivity contribution in [2.24, 2.45) is 0 Å². The lowest BCUT2D eigenvalue weighted by atomic mass is 10.1. The van der Waals surface area contributed by atoms with Crippen LogP contribution in [0.4, 0.5) is 0 Å². The molecular weight excluding hydrogens is 284 g/mol. The van der Waals surface area contributed by atoms with Crippen LogP contribution in [0.5, 0.6) is 0 Å². The molecular formula is C20H16N2O. The molecule has 0 unspecified atom stereocenters. The summed E-state index contributed by atoms with van der Waals surface area (Å²) >= 11 is 0. The van der Waals surface area contributed by atoms with E-state index in [9.17, 15) is 0 Å². The molecule has 0 bridgehead atoms. The molecule has 3 heteroatoms. The standard InChI is InChI=1S/C20H16N2O/c1-3-8-16-14(4-2)15-11-12-17-19(18(15)21-16)23-20(22-17)13-9-6-5-7-10-13/h3-12,21H,2H2,1H3/b8-3-. The van der Waals surface area contributed by atoms with Crippen LogP contribution in [0.2, 0.25) is 0 Å². The molecule has 1 N–H and O–H groups in total. The van der Waals surface area contributed by atoms with Crippen LogP contribution in [0, 0.1) is 0 Å². The Morgan fingerprint density at radius 1 is 1.13 bits per heavy atom. The molecule has 23 heavy (non-hydrogen) atoms. The van der Waals surface area contributed by atoms with E-state index in [4.69, 9.17) is 4.42 Å². The third-order valence-corrected chi connectivity index (χ3v) is 3.96. The quantitative estimate of drug-likeness (QED) is 0.531. The predicted octanol–water partition coefficient (Wildman–Crippen LogP) is 5.65. The summed E-state index contributed by atoms with van der Waals surface area (Å²) in [5.41, 5.74) is 5.67. The van der Waals surface area contributed by atoms with E-state index >= 15 is 0 Å². The molecule has 0 radical (unpaired) electrons. The zero-order valence-corrected chi connectivity index (χ0v) is 12.8. The lowest BCUT2D eigenvalue weighted by Crippen LogP contribution is -1.74. The average molecular weight is 300 g/mol. The number of oxazole rings is 1. The van der Waals surface area contributed by atoms with Crippen molar-refractivity contribution < 1.29 is 4.42 Å². The first-order valence-corrected chi connectivity index (χ1v) is 7.57. The third kappa shape index (κ3) is 2.09. The number of allylic oxidation sites excluding steroid dienone is 1. The summed E-state index contributed by atoms with van der Waals surface area (Å²) in [5, 5.41) is 1.09. The van der Waals surface area contributed by atoms with Crippen LogP contribution in [-0.2, 0) is 0 Å². The number of benzene rings is 2. The summed E-state index contributed by atoms with van der Waals surface area (Å²) in [7, 11) is 0. The number of fused-ring (bicyclic) bond motifs is 3. The maximum absolute atomic E-state index is 6.06. The van der Waals surface area contributed by atoms with Gasteiger partial charge in [0.1, 0.15) is 5.52 Å². The maximum Gasteiger partial charge on any atom is 0.227 e. The van der Waals surface area contributed by atoms with Crippen molar-refractivity contribution in [2.45, 2.75) is 6.92 Å². The monoisotopic (exact) mass is 300 g/mol. The Hall–Kier alpha value is -3.07. The Kier molecular flexibility index (Phi) is 3.12. The summed E-state index contributed by atoms with van der Waals surface area (Å²) in [6, 6.07) is 14.0. The number of aromatic amines is 1. The van der Waals surface area contributed by atoms with Gasteiger partial charge in [0.15, 0.2) is 5.58 Å². The van der Waals surface area contributed by atoms with E-state index in [1.54, 1.807) is 0 Å². The molecule has 0 aliphatic heterocycles. The van der Waals surface area contributed by atoms with Gasteiger partial charge in [-0.3, -0.25) is 0 Å². The van der Waals surface area contributed by atoms with Crippen molar-refractivity contribution in [3.8, 4) is 11.5 Å². The van der Waals surface area contributed by atoms with E-state index in [0.717, 1.165) is 38.8 Å². The Morgan fingerprint density at radius 3 is 2.70 bits per heavy atom. The zero-order valence-electron chi connectivity index (χ0n) is 12.8. The second kappa shape index (κ2) is 5.29. The van der Waals surface area contributed by atoms with Gasteiger partial charge in [-0.05, 0) is 37.3 Å². The van der Waals surface area contributed by atoms with Crippen LogP contribution in [0.3, 0.4) is 0 Å². The largest absolute Gasteiger partial charge is 0.434 e. The highest BCUT2D eigenvalue weighted by Gasteiger charge is 2.15. The van der Waals surface area contributed by atoms with Crippen LogP contribution in [0.1, 0.15) is 18.2 Å². The molecule has 0 spiro atoms. The molecule has 0 saturated heterocycles. The van der Waals surface area contributed by atoms with E-state index in [1.807, 2.05) is 61.5 Å². The average Bonchev–Trinajstić information content (AvgIpc) is 3.16. The molecule has 0 saturated carbocycles. The molecule has 2 heterocycles. The van der Waals surface area contributed by atoms with Crippen LogP contribution < -0.4 is 0 Å². The Labute approximate surface area is 134 Å². The fourth-order valence-corrected chi connectivity index (χ4v) is 2.91. The zero-order chi connectivity index (χ0) is 15.8. The molecule has 4 aromatic rings. The van der Waals surface area contributed by atoms with E-state index in [1.165, 1.54) is 0 Å². The van der Waals surface area contributed by atoms with Crippen molar-refractivity contribution in [3.05, 3.63) is 66.4 Å². The Morgan fingerprint density at radius 2 is 1.96 bits per heavy atom. The first kappa shape index (κ1) is 13.6. The summed E-state index contributed by atoms with van der Waals surface area (Å²) in [5.74, 6) is 0.635. The van der Waals surface area contributed by atoms with Crippen LogP contribution in [0.15, 0.2) is 59.5 Å². The van der Waals surface area contributed by atoms with E-state index in [2.05, 4.69) is 22.6 Å². The van der Waals surface area contributed by atoms with E-state index in [0.29, 0.717) is 5.89 Å². The van der Waals surface area contributed by atoms with Crippen LogP contribution in [0.25, 0.3) is 45.6 Å².